The Labute approximate surface area is 153 Å². The third-order valence-corrected chi connectivity index (χ3v) is 3.40. The normalized spacial score (nSPS) is 10.8. The molecule has 2 heterocycles. The summed E-state index contributed by atoms with van der Waals surface area (Å²) >= 11 is 0. The molecule has 0 bridgehead atoms. The van der Waals surface area contributed by atoms with Gasteiger partial charge in [0.1, 0.15) is 5.82 Å². The summed E-state index contributed by atoms with van der Waals surface area (Å²) in [5, 5.41) is 15.6. The molecule has 130 valence electrons. The predicted octanol–water partition coefficient (Wildman–Crippen LogP) is 4.36. The molecule has 6 nitrogen and oxygen atoms in total. The topological polar surface area (TPSA) is 86.5 Å². The summed E-state index contributed by atoms with van der Waals surface area (Å²) in [5.74, 6) is 1.14. The van der Waals surface area contributed by atoms with Gasteiger partial charge in [-0.25, -0.2) is 4.98 Å². The fourth-order valence-electron chi connectivity index (χ4n) is 2.36. The number of anilines is 3. The largest absolute Gasteiger partial charge is 0.350 e. The molecule has 2 N–H and O–H groups in total. The SMILES string of the molecule is CC(C)(C)Nc1nc(Nc2cccc(C#N)c2)cc(-c2ccccn2)n1. The van der Waals surface area contributed by atoms with E-state index in [9.17, 15) is 0 Å². The minimum atomic E-state index is -0.180. The minimum Gasteiger partial charge on any atom is -0.350 e. The van der Waals surface area contributed by atoms with Crippen LogP contribution < -0.4 is 10.6 Å². The van der Waals surface area contributed by atoms with Crippen LogP contribution in [0.15, 0.2) is 54.7 Å². The zero-order valence-electron chi connectivity index (χ0n) is 15.0. The van der Waals surface area contributed by atoms with Crippen LogP contribution in [0.1, 0.15) is 26.3 Å². The van der Waals surface area contributed by atoms with Gasteiger partial charge in [-0.1, -0.05) is 12.1 Å². The molecule has 0 radical (unpaired) electrons. The third kappa shape index (κ3) is 4.54. The van der Waals surface area contributed by atoms with E-state index >= 15 is 0 Å². The van der Waals surface area contributed by atoms with Gasteiger partial charge in [0.2, 0.25) is 5.95 Å². The fourth-order valence-corrected chi connectivity index (χ4v) is 2.36. The highest BCUT2D eigenvalue weighted by molar-refractivity contribution is 5.66. The molecule has 1 aromatic carbocycles. The lowest BCUT2D eigenvalue weighted by Gasteiger charge is -2.21. The number of nitrogens with one attached hydrogen (secondary N) is 2. The summed E-state index contributed by atoms with van der Waals surface area (Å²) in [5.41, 5.74) is 2.67. The number of hydrogen-bond donors (Lipinski definition) is 2. The summed E-state index contributed by atoms with van der Waals surface area (Å²) < 4.78 is 0. The molecule has 0 aliphatic heterocycles. The molecule has 2 aromatic heterocycles. The van der Waals surface area contributed by atoms with Crippen LogP contribution >= 0.6 is 0 Å². The van der Waals surface area contributed by atoms with Crippen LogP contribution in [0.5, 0.6) is 0 Å². The molecule has 0 aliphatic carbocycles. The van der Waals surface area contributed by atoms with E-state index in [1.807, 2.05) is 57.2 Å². The lowest BCUT2D eigenvalue weighted by atomic mass is 10.1. The van der Waals surface area contributed by atoms with E-state index in [2.05, 4.69) is 31.7 Å². The average Bonchev–Trinajstić information content (AvgIpc) is 2.61. The van der Waals surface area contributed by atoms with E-state index in [0.717, 1.165) is 11.4 Å². The number of pyridine rings is 1. The Morgan fingerprint density at radius 2 is 1.81 bits per heavy atom. The molecule has 0 amide bonds. The van der Waals surface area contributed by atoms with Crippen molar-refractivity contribution in [2.24, 2.45) is 0 Å². The van der Waals surface area contributed by atoms with Crippen molar-refractivity contribution in [3.05, 3.63) is 60.3 Å². The number of nitriles is 1. The second kappa shape index (κ2) is 7.19. The zero-order valence-corrected chi connectivity index (χ0v) is 15.0. The van der Waals surface area contributed by atoms with Crippen molar-refractivity contribution in [2.75, 3.05) is 10.6 Å². The van der Waals surface area contributed by atoms with Crippen molar-refractivity contribution < 1.29 is 0 Å². The second-order valence-corrected chi connectivity index (χ2v) is 6.87. The monoisotopic (exact) mass is 344 g/mol. The van der Waals surface area contributed by atoms with Gasteiger partial charge in [-0.05, 0) is 51.1 Å². The first-order valence-electron chi connectivity index (χ1n) is 8.29. The Bertz CT molecular complexity index is 939. The van der Waals surface area contributed by atoms with Gasteiger partial charge in [0.15, 0.2) is 0 Å². The van der Waals surface area contributed by atoms with Crippen molar-refractivity contribution in [3.8, 4) is 17.5 Å². The van der Waals surface area contributed by atoms with E-state index in [1.54, 1.807) is 18.3 Å². The van der Waals surface area contributed by atoms with Crippen molar-refractivity contribution in [2.45, 2.75) is 26.3 Å². The number of aromatic nitrogens is 3. The standard InChI is InChI=1S/C20H20N6/c1-20(2,3)26-19-24-17(16-9-4-5-10-22-16)12-18(25-19)23-15-8-6-7-14(11-15)13-21/h4-12H,1-3H3,(H2,23,24,25,26). The average molecular weight is 344 g/mol. The first-order valence-corrected chi connectivity index (χ1v) is 8.29. The summed E-state index contributed by atoms with van der Waals surface area (Å²) in [4.78, 5) is 13.5. The molecule has 0 atom stereocenters. The van der Waals surface area contributed by atoms with Crippen LogP contribution in [0.2, 0.25) is 0 Å². The van der Waals surface area contributed by atoms with E-state index in [0.29, 0.717) is 23.0 Å². The summed E-state index contributed by atoms with van der Waals surface area (Å²) in [6, 6.07) is 16.9. The first kappa shape index (κ1) is 17.4. The Kier molecular flexibility index (Phi) is 4.81. The highest BCUT2D eigenvalue weighted by atomic mass is 15.2. The van der Waals surface area contributed by atoms with Crippen LogP contribution in [0.3, 0.4) is 0 Å². The second-order valence-electron chi connectivity index (χ2n) is 6.87. The van der Waals surface area contributed by atoms with Gasteiger partial charge in [0, 0.05) is 23.5 Å². The summed E-state index contributed by atoms with van der Waals surface area (Å²) in [6.45, 7) is 6.15. The molecule has 0 unspecified atom stereocenters. The van der Waals surface area contributed by atoms with E-state index in [4.69, 9.17) is 5.26 Å². The molecule has 0 saturated heterocycles. The van der Waals surface area contributed by atoms with Crippen molar-refractivity contribution in [3.63, 3.8) is 0 Å². The number of benzene rings is 1. The van der Waals surface area contributed by atoms with E-state index < -0.39 is 0 Å². The van der Waals surface area contributed by atoms with E-state index in [-0.39, 0.29) is 5.54 Å². The van der Waals surface area contributed by atoms with Gasteiger partial charge >= 0.3 is 0 Å². The molecule has 6 heteroatoms. The van der Waals surface area contributed by atoms with Gasteiger partial charge in [-0.15, -0.1) is 0 Å². The van der Waals surface area contributed by atoms with E-state index in [1.165, 1.54) is 0 Å². The molecular formula is C20H20N6. The lowest BCUT2D eigenvalue weighted by Crippen LogP contribution is -2.27. The van der Waals surface area contributed by atoms with Crippen LogP contribution in [0.25, 0.3) is 11.4 Å². The number of rotatable bonds is 4. The molecule has 0 aliphatic rings. The van der Waals surface area contributed by atoms with Crippen LogP contribution in [0.4, 0.5) is 17.5 Å². The fraction of sp³-hybridized carbons (Fsp3) is 0.200. The van der Waals surface area contributed by atoms with Crippen LogP contribution in [-0.2, 0) is 0 Å². The highest BCUT2D eigenvalue weighted by Crippen LogP contribution is 2.24. The summed E-state index contributed by atoms with van der Waals surface area (Å²) in [6.07, 6.45) is 1.73. The molecule has 0 fully saturated rings. The Morgan fingerprint density at radius 3 is 2.50 bits per heavy atom. The van der Waals surface area contributed by atoms with Gasteiger partial charge in [0.05, 0.1) is 23.0 Å². The third-order valence-electron chi connectivity index (χ3n) is 3.40. The van der Waals surface area contributed by atoms with Crippen LogP contribution in [-0.4, -0.2) is 20.5 Å². The van der Waals surface area contributed by atoms with Gasteiger partial charge in [-0.3, -0.25) is 4.98 Å². The van der Waals surface area contributed by atoms with Crippen molar-refractivity contribution in [1.82, 2.24) is 15.0 Å². The quantitative estimate of drug-likeness (QED) is 0.731. The molecule has 26 heavy (non-hydrogen) atoms. The minimum absolute atomic E-state index is 0.180. The Morgan fingerprint density at radius 1 is 0.962 bits per heavy atom. The van der Waals surface area contributed by atoms with Crippen LogP contribution in [0, 0.1) is 11.3 Å². The maximum Gasteiger partial charge on any atom is 0.225 e. The molecule has 0 spiro atoms. The van der Waals surface area contributed by atoms with Crippen molar-refractivity contribution in [1.29, 1.82) is 5.26 Å². The lowest BCUT2D eigenvalue weighted by molar-refractivity contribution is 0.626. The maximum absolute atomic E-state index is 9.07. The van der Waals surface area contributed by atoms with Crippen molar-refractivity contribution >= 4 is 17.5 Å². The molecule has 3 aromatic rings. The number of nitrogens with zero attached hydrogens (tertiary/aromatic N) is 4. The van der Waals surface area contributed by atoms with Gasteiger partial charge in [0.25, 0.3) is 0 Å². The summed E-state index contributed by atoms with van der Waals surface area (Å²) in [7, 11) is 0. The van der Waals surface area contributed by atoms with Gasteiger partial charge < -0.3 is 10.6 Å². The maximum atomic E-state index is 9.07. The zero-order chi connectivity index (χ0) is 18.6. The Hall–Kier alpha value is -3.46. The number of hydrogen-bond acceptors (Lipinski definition) is 6. The predicted molar refractivity (Wildman–Crippen MR) is 103 cm³/mol. The first-order chi connectivity index (χ1) is 12.4. The molecule has 3 rings (SSSR count). The Balaban J connectivity index is 2.00. The molecular weight excluding hydrogens is 324 g/mol. The highest BCUT2D eigenvalue weighted by Gasteiger charge is 2.14. The van der Waals surface area contributed by atoms with Gasteiger partial charge in [-0.2, -0.15) is 10.2 Å². The smallest absolute Gasteiger partial charge is 0.225 e. The molecule has 0 saturated carbocycles.